The van der Waals surface area contributed by atoms with Gasteiger partial charge in [0.2, 0.25) is 11.8 Å². The van der Waals surface area contributed by atoms with Crippen LogP contribution in [0.2, 0.25) is 0 Å². The molecule has 2 N–H and O–H groups in total. The van der Waals surface area contributed by atoms with Crippen molar-refractivity contribution in [2.75, 3.05) is 18.9 Å². The molecule has 0 fully saturated rings. The number of thioether (sulfide) groups is 1. The highest BCUT2D eigenvalue weighted by molar-refractivity contribution is 8.00. The molecular formula is C18H24N4O4S. The number of nitriles is 1. The molecule has 1 aromatic rings. The van der Waals surface area contributed by atoms with E-state index in [1.54, 1.807) is 20.8 Å². The Kier molecular flexibility index (Phi) is 9.30. The Bertz CT molecular complexity index is 746. The first kappa shape index (κ1) is 22.4. The lowest BCUT2D eigenvalue weighted by molar-refractivity contribution is -0.127. The molecule has 1 rings (SSSR count). The van der Waals surface area contributed by atoms with Crippen LogP contribution in [-0.4, -0.2) is 47.7 Å². The molecule has 0 aliphatic heterocycles. The SMILES string of the molecule is CCCNC(=O)[C@H](C)NC(=O)CSc1nc(C)c(C(=O)OCC)cc1C#N. The van der Waals surface area contributed by atoms with Crippen LogP contribution < -0.4 is 10.6 Å². The summed E-state index contributed by atoms with van der Waals surface area (Å²) in [5.41, 5.74) is 0.835. The van der Waals surface area contributed by atoms with Crippen molar-refractivity contribution in [2.24, 2.45) is 0 Å². The van der Waals surface area contributed by atoms with Crippen LogP contribution in [0.25, 0.3) is 0 Å². The van der Waals surface area contributed by atoms with Crippen LogP contribution in [0.4, 0.5) is 0 Å². The number of aromatic nitrogens is 1. The highest BCUT2D eigenvalue weighted by Gasteiger charge is 2.18. The Hall–Kier alpha value is -2.60. The van der Waals surface area contributed by atoms with Gasteiger partial charge in [-0.15, -0.1) is 0 Å². The number of nitrogens with one attached hydrogen (secondary N) is 2. The van der Waals surface area contributed by atoms with E-state index in [9.17, 15) is 19.6 Å². The van der Waals surface area contributed by atoms with E-state index in [0.29, 0.717) is 17.3 Å². The van der Waals surface area contributed by atoms with E-state index in [4.69, 9.17) is 4.74 Å². The number of pyridine rings is 1. The summed E-state index contributed by atoms with van der Waals surface area (Å²) in [5, 5.41) is 15.0. The molecule has 0 bridgehead atoms. The van der Waals surface area contributed by atoms with Gasteiger partial charge in [0.1, 0.15) is 17.1 Å². The van der Waals surface area contributed by atoms with Crippen molar-refractivity contribution in [2.45, 2.75) is 45.2 Å². The minimum atomic E-state index is -0.652. The predicted molar refractivity (Wildman–Crippen MR) is 101 cm³/mol. The number of carbonyl (C=O) groups excluding carboxylic acids is 3. The van der Waals surface area contributed by atoms with Gasteiger partial charge in [0.25, 0.3) is 0 Å². The second kappa shape index (κ2) is 11.2. The van der Waals surface area contributed by atoms with Crippen molar-refractivity contribution < 1.29 is 19.1 Å². The third-order valence-corrected chi connectivity index (χ3v) is 4.45. The number of ether oxygens (including phenoxy) is 1. The Morgan fingerprint density at radius 1 is 1.37 bits per heavy atom. The second-order valence-electron chi connectivity index (χ2n) is 5.68. The maximum atomic E-state index is 12.1. The number of hydrogen-bond acceptors (Lipinski definition) is 7. The van der Waals surface area contributed by atoms with Gasteiger partial charge in [-0.05, 0) is 33.3 Å². The summed E-state index contributed by atoms with van der Waals surface area (Å²) in [6.45, 7) is 7.64. The zero-order valence-electron chi connectivity index (χ0n) is 15.9. The van der Waals surface area contributed by atoms with E-state index in [2.05, 4.69) is 15.6 Å². The molecule has 0 unspecified atom stereocenters. The van der Waals surface area contributed by atoms with Gasteiger partial charge in [-0.1, -0.05) is 18.7 Å². The topological polar surface area (TPSA) is 121 Å². The molecule has 0 aliphatic rings. The molecule has 1 atom stereocenters. The van der Waals surface area contributed by atoms with Gasteiger partial charge in [-0.2, -0.15) is 5.26 Å². The fraction of sp³-hybridized carbons (Fsp3) is 0.500. The first-order chi connectivity index (χ1) is 12.8. The smallest absolute Gasteiger partial charge is 0.340 e. The molecule has 2 amide bonds. The second-order valence-corrected chi connectivity index (χ2v) is 6.64. The van der Waals surface area contributed by atoms with Crippen LogP contribution in [0, 0.1) is 18.3 Å². The first-order valence-corrected chi connectivity index (χ1v) is 9.61. The minimum Gasteiger partial charge on any atom is -0.462 e. The van der Waals surface area contributed by atoms with Crippen LogP contribution in [0.15, 0.2) is 11.1 Å². The molecule has 146 valence electrons. The summed E-state index contributed by atoms with van der Waals surface area (Å²) >= 11 is 1.07. The van der Waals surface area contributed by atoms with Crippen LogP contribution in [0.5, 0.6) is 0 Å². The van der Waals surface area contributed by atoms with E-state index in [-0.39, 0.29) is 35.3 Å². The Morgan fingerprint density at radius 2 is 2.07 bits per heavy atom. The Labute approximate surface area is 163 Å². The molecule has 0 radical (unpaired) electrons. The molecule has 8 nitrogen and oxygen atoms in total. The zero-order chi connectivity index (χ0) is 20.4. The van der Waals surface area contributed by atoms with E-state index < -0.39 is 12.0 Å². The lowest BCUT2D eigenvalue weighted by Gasteiger charge is -2.14. The fourth-order valence-corrected chi connectivity index (χ4v) is 2.89. The summed E-state index contributed by atoms with van der Waals surface area (Å²) in [6.07, 6.45) is 0.812. The molecule has 0 saturated carbocycles. The van der Waals surface area contributed by atoms with E-state index in [1.807, 2.05) is 13.0 Å². The van der Waals surface area contributed by atoms with Crippen molar-refractivity contribution in [3.8, 4) is 6.07 Å². The summed E-state index contributed by atoms with van der Waals surface area (Å²) in [5.74, 6) is -1.15. The van der Waals surface area contributed by atoms with Gasteiger partial charge in [-0.25, -0.2) is 9.78 Å². The average Bonchev–Trinajstić information content (AvgIpc) is 2.64. The number of aryl methyl sites for hydroxylation is 1. The van der Waals surface area contributed by atoms with Crippen LogP contribution in [0.3, 0.4) is 0 Å². The molecule has 1 heterocycles. The predicted octanol–water partition coefficient (Wildman–Crippen LogP) is 1.56. The number of amides is 2. The summed E-state index contributed by atoms with van der Waals surface area (Å²) < 4.78 is 4.94. The minimum absolute atomic E-state index is 0.00866. The van der Waals surface area contributed by atoms with Gasteiger partial charge in [-0.3, -0.25) is 9.59 Å². The van der Waals surface area contributed by atoms with Crippen molar-refractivity contribution in [1.82, 2.24) is 15.6 Å². The first-order valence-electron chi connectivity index (χ1n) is 8.62. The van der Waals surface area contributed by atoms with Crippen LogP contribution >= 0.6 is 11.8 Å². The fourth-order valence-electron chi connectivity index (χ4n) is 2.07. The molecule has 1 aromatic heterocycles. The highest BCUT2D eigenvalue weighted by atomic mass is 32.2. The van der Waals surface area contributed by atoms with Gasteiger partial charge in [0.05, 0.1) is 29.2 Å². The zero-order valence-corrected chi connectivity index (χ0v) is 16.7. The molecule has 27 heavy (non-hydrogen) atoms. The van der Waals surface area contributed by atoms with Gasteiger partial charge in [0.15, 0.2) is 0 Å². The standard InChI is InChI=1S/C18H24N4O4S/c1-5-7-20-16(24)12(4)21-15(23)10-27-17-13(9-19)8-14(11(3)22-17)18(25)26-6-2/h8,12H,5-7,10H2,1-4H3,(H,20,24)(H,21,23)/t12-/m0/s1. The van der Waals surface area contributed by atoms with Crippen LogP contribution in [0.1, 0.15) is 48.8 Å². The number of hydrogen-bond donors (Lipinski definition) is 2. The monoisotopic (exact) mass is 392 g/mol. The summed E-state index contributed by atoms with van der Waals surface area (Å²) in [6, 6.07) is 2.75. The number of nitrogens with zero attached hydrogens (tertiary/aromatic N) is 2. The maximum absolute atomic E-state index is 12.1. The molecule has 0 aliphatic carbocycles. The highest BCUT2D eigenvalue weighted by Crippen LogP contribution is 2.23. The Balaban J connectivity index is 2.75. The Morgan fingerprint density at radius 3 is 2.67 bits per heavy atom. The van der Waals surface area contributed by atoms with Crippen molar-refractivity contribution in [3.05, 3.63) is 22.9 Å². The average molecular weight is 392 g/mol. The lowest BCUT2D eigenvalue weighted by Crippen LogP contribution is -2.45. The van der Waals surface area contributed by atoms with Crippen molar-refractivity contribution in [1.29, 1.82) is 5.26 Å². The third kappa shape index (κ3) is 6.90. The van der Waals surface area contributed by atoms with Crippen LogP contribution in [-0.2, 0) is 14.3 Å². The molecule has 9 heteroatoms. The number of esters is 1. The summed E-state index contributed by atoms with van der Waals surface area (Å²) in [4.78, 5) is 40.0. The van der Waals surface area contributed by atoms with Gasteiger partial charge in [0, 0.05) is 6.54 Å². The third-order valence-electron chi connectivity index (χ3n) is 3.45. The lowest BCUT2D eigenvalue weighted by atomic mass is 10.1. The van der Waals surface area contributed by atoms with Gasteiger partial charge >= 0.3 is 5.97 Å². The van der Waals surface area contributed by atoms with Crippen molar-refractivity contribution in [3.63, 3.8) is 0 Å². The number of rotatable bonds is 9. The molecular weight excluding hydrogens is 368 g/mol. The maximum Gasteiger partial charge on any atom is 0.340 e. The van der Waals surface area contributed by atoms with E-state index in [0.717, 1.165) is 18.2 Å². The van der Waals surface area contributed by atoms with E-state index >= 15 is 0 Å². The summed E-state index contributed by atoms with van der Waals surface area (Å²) in [7, 11) is 0. The number of carbonyl (C=O) groups is 3. The molecule has 0 saturated heterocycles. The quantitative estimate of drug-likeness (QED) is 0.483. The van der Waals surface area contributed by atoms with Crippen molar-refractivity contribution >= 4 is 29.5 Å². The largest absolute Gasteiger partial charge is 0.462 e. The van der Waals surface area contributed by atoms with Gasteiger partial charge < -0.3 is 15.4 Å². The molecule has 0 aromatic carbocycles. The normalized spacial score (nSPS) is 11.2. The van der Waals surface area contributed by atoms with E-state index in [1.165, 1.54) is 6.07 Å². The molecule has 0 spiro atoms.